The van der Waals surface area contributed by atoms with Crippen LogP contribution in [0.15, 0.2) is 35.4 Å². The van der Waals surface area contributed by atoms with E-state index in [2.05, 4.69) is 14.9 Å². The summed E-state index contributed by atoms with van der Waals surface area (Å²) in [6, 6.07) is 8.77. The van der Waals surface area contributed by atoms with Gasteiger partial charge in [0.15, 0.2) is 0 Å². The molecule has 0 saturated carbocycles. The standard InChI is InChI=1S/C18H25N5O5/c19-21-20-16-14(28-15(11-24)17(16)25)10-22-6-8-23(9-7-22)18(26)27-12-13-4-2-1-3-5-13/h1-5,14-17,24-25H,6-12H2/t14-,15-,16+,17-/m1/s1. The van der Waals surface area contributed by atoms with Crippen molar-refractivity contribution in [1.82, 2.24) is 9.80 Å². The van der Waals surface area contributed by atoms with Gasteiger partial charge in [-0.05, 0) is 11.1 Å². The van der Waals surface area contributed by atoms with Crippen molar-refractivity contribution in [3.05, 3.63) is 46.3 Å². The van der Waals surface area contributed by atoms with Crippen molar-refractivity contribution in [3.8, 4) is 0 Å². The first-order valence-electron chi connectivity index (χ1n) is 9.29. The first-order valence-corrected chi connectivity index (χ1v) is 9.29. The molecule has 0 radical (unpaired) electrons. The number of benzene rings is 1. The van der Waals surface area contributed by atoms with Gasteiger partial charge in [-0.25, -0.2) is 4.79 Å². The summed E-state index contributed by atoms with van der Waals surface area (Å²) < 4.78 is 11.0. The monoisotopic (exact) mass is 391 g/mol. The average molecular weight is 391 g/mol. The number of ether oxygens (including phenoxy) is 2. The Bertz CT molecular complexity index is 691. The van der Waals surface area contributed by atoms with Crippen LogP contribution >= 0.6 is 0 Å². The van der Waals surface area contributed by atoms with Crippen LogP contribution in [0.2, 0.25) is 0 Å². The van der Waals surface area contributed by atoms with Gasteiger partial charge >= 0.3 is 6.09 Å². The lowest BCUT2D eigenvalue weighted by Crippen LogP contribution is -2.51. The van der Waals surface area contributed by atoms with Crippen molar-refractivity contribution in [2.45, 2.75) is 31.0 Å². The van der Waals surface area contributed by atoms with E-state index in [1.165, 1.54) is 0 Å². The number of aliphatic hydroxyl groups is 2. The first-order chi connectivity index (χ1) is 13.6. The Morgan fingerprint density at radius 2 is 1.96 bits per heavy atom. The van der Waals surface area contributed by atoms with E-state index in [1.54, 1.807) is 4.90 Å². The number of hydrogen-bond acceptors (Lipinski definition) is 7. The minimum atomic E-state index is -1.03. The van der Waals surface area contributed by atoms with Crippen molar-refractivity contribution in [2.75, 3.05) is 39.3 Å². The van der Waals surface area contributed by atoms with Gasteiger partial charge in [0.1, 0.15) is 12.7 Å². The molecule has 1 amide bonds. The Balaban J connectivity index is 1.46. The molecule has 1 aromatic rings. The molecular weight excluding hydrogens is 366 g/mol. The molecule has 0 spiro atoms. The SMILES string of the molecule is [N-]=[N+]=N[C@@H]1[C@H](O)[C@@H](CO)O[C@@H]1CN1CCN(C(=O)OCc2ccccc2)CC1. The number of hydrogen-bond donors (Lipinski definition) is 2. The van der Waals surface area contributed by atoms with Gasteiger partial charge in [-0.2, -0.15) is 0 Å². The highest BCUT2D eigenvalue weighted by Crippen LogP contribution is 2.25. The largest absolute Gasteiger partial charge is 0.445 e. The molecule has 2 saturated heterocycles. The van der Waals surface area contributed by atoms with Crippen LogP contribution in [0.5, 0.6) is 0 Å². The van der Waals surface area contributed by atoms with Gasteiger partial charge in [-0.1, -0.05) is 35.4 Å². The summed E-state index contributed by atoms with van der Waals surface area (Å²) in [6.07, 6.45) is -2.63. The maximum Gasteiger partial charge on any atom is 0.410 e. The second kappa shape index (κ2) is 9.72. The van der Waals surface area contributed by atoms with Crippen molar-refractivity contribution < 1.29 is 24.5 Å². The van der Waals surface area contributed by atoms with E-state index in [9.17, 15) is 15.0 Å². The van der Waals surface area contributed by atoms with Gasteiger partial charge in [0, 0.05) is 37.6 Å². The van der Waals surface area contributed by atoms with Crippen LogP contribution in [0, 0.1) is 0 Å². The van der Waals surface area contributed by atoms with Crippen LogP contribution in [0.1, 0.15) is 5.56 Å². The van der Waals surface area contributed by atoms with Crippen LogP contribution in [-0.4, -0.2) is 89.8 Å². The zero-order valence-electron chi connectivity index (χ0n) is 15.5. The Hall–Kier alpha value is -2.36. The van der Waals surface area contributed by atoms with Crippen LogP contribution in [0.3, 0.4) is 0 Å². The summed E-state index contributed by atoms with van der Waals surface area (Å²) >= 11 is 0. The van der Waals surface area contributed by atoms with Crippen molar-refractivity contribution in [2.24, 2.45) is 5.11 Å². The fraction of sp³-hybridized carbons (Fsp3) is 0.611. The van der Waals surface area contributed by atoms with Gasteiger partial charge in [-0.15, -0.1) is 0 Å². The maximum absolute atomic E-state index is 12.2. The third-order valence-electron chi connectivity index (χ3n) is 5.10. The van der Waals surface area contributed by atoms with Crippen molar-refractivity contribution in [3.63, 3.8) is 0 Å². The maximum atomic E-state index is 12.2. The Labute approximate surface area is 162 Å². The fourth-order valence-electron chi connectivity index (χ4n) is 3.51. The zero-order chi connectivity index (χ0) is 19.9. The number of nitrogens with zero attached hydrogens (tertiary/aromatic N) is 5. The van der Waals surface area contributed by atoms with Gasteiger partial charge in [0.25, 0.3) is 0 Å². The molecule has 152 valence electrons. The number of aliphatic hydroxyl groups excluding tert-OH is 2. The van der Waals surface area contributed by atoms with Gasteiger partial charge in [0.2, 0.25) is 0 Å². The molecule has 0 aromatic heterocycles. The minimum Gasteiger partial charge on any atom is -0.445 e. The number of carbonyl (C=O) groups excluding carboxylic acids is 1. The Morgan fingerprint density at radius 3 is 2.61 bits per heavy atom. The predicted octanol–water partition coefficient (Wildman–Crippen LogP) is 0.740. The predicted molar refractivity (Wildman–Crippen MR) is 99.3 cm³/mol. The molecule has 1 aromatic carbocycles. The van der Waals surface area contributed by atoms with Crippen LogP contribution in [0.4, 0.5) is 4.79 Å². The highest BCUT2D eigenvalue weighted by molar-refractivity contribution is 5.67. The van der Waals surface area contributed by atoms with E-state index in [0.717, 1.165) is 5.56 Å². The highest BCUT2D eigenvalue weighted by atomic mass is 16.6. The average Bonchev–Trinajstić information content (AvgIpc) is 3.02. The highest BCUT2D eigenvalue weighted by Gasteiger charge is 2.43. The first kappa shape index (κ1) is 20.4. The van der Waals surface area contributed by atoms with Gasteiger partial charge in [0.05, 0.1) is 24.9 Å². The number of rotatable bonds is 6. The molecule has 28 heavy (non-hydrogen) atoms. The van der Waals surface area contributed by atoms with E-state index >= 15 is 0 Å². The summed E-state index contributed by atoms with van der Waals surface area (Å²) in [5.74, 6) is 0. The Morgan fingerprint density at radius 1 is 1.25 bits per heavy atom. The topological polar surface area (TPSA) is 131 Å². The summed E-state index contributed by atoms with van der Waals surface area (Å²) in [6.45, 7) is 2.60. The van der Waals surface area contributed by atoms with Crippen LogP contribution in [-0.2, 0) is 16.1 Å². The molecule has 0 bridgehead atoms. The molecule has 2 aliphatic rings. The van der Waals surface area contributed by atoms with Crippen molar-refractivity contribution in [1.29, 1.82) is 0 Å². The lowest BCUT2D eigenvalue weighted by molar-refractivity contribution is -0.0334. The summed E-state index contributed by atoms with van der Waals surface area (Å²) in [4.78, 5) is 18.7. The third-order valence-corrected chi connectivity index (χ3v) is 5.10. The van der Waals surface area contributed by atoms with Crippen LogP contribution in [0.25, 0.3) is 10.4 Å². The summed E-state index contributed by atoms with van der Waals surface area (Å²) in [5, 5.41) is 23.0. The molecular formula is C18H25N5O5. The number of amides is 1. The second-order valence-electron chi connectivity index (χ2n) is 6.91. The minimum absolute atomic E-state index is 0.240. The molecule has 2 fully saturated rings. The molecule has 0 aliphatic carbocycles. The van der Waals surface area contributed by atoms with E-state index in [4.69, 9.17) is 15.0 Å². The molecule has 3 rings (SSSR count). The van der Waals surface area contributed by atoms with E-state index < -0.39 is 24.4 Å². The van der Waals surface area contributed by atoms with Crippen molar-refractivity contribution >= 4 is 6.09 Å². The number of azide groups is 1. The molecule has 2 aliphatic heterocycles. The molecule has 4 atom stereocenters. The lowest BCUT2D eigenvalue weighted by atomic mass is 10.1. The third kappa shape index (κ3) is 4.92. The molecule has 2 N–H and O–H groups in total. The second-order valence-corrected chi connectivity index (χ2v) is 6.91. The van der Waals surface area contributed by atoms with E-state index in [1.807, 2.05) is 30.3 Å². The van der Waals surface area contributed by atoms with Gasteiger partial charge in [-0.3, -0.25) is 4.90 Å². The fourth-order valence-corrected chi connectivity index (χ4v) is 3.51. The lowest BCUT2D eigenvalue weighted by Gasteiger charge is -2.35. The zero-order valence-corrected chi connectivity index (χ0v) is 15.5. The summed E-state index contributed by atoms with van der Waals surface area (Å²) in [5.41, 5.74) is 9.65. The number of piperazine rings is 1. The van der Waals surface area contributed by atoms with E-state index in [0.29, 0.717) is 32.7 Å². The molecule has 10 heteroatoms. The smallest absolute Gasteiger partial charge is 0.410 e. The molecule has 0 unspecified atom stereocenters. The number of carbonyl (C=O) groups is 1. The van der Waals surface area contributed by atoms with Gasteiger partial charge < -0.3 is 24.6 Å². The molecule has 2 heterocycles. The quantitative estimate of drug-likeness (QED) is 0.418. The Kier molecular flexibility index (Phi) is 7.07. The summed E-state index contributed by atoms with van der Waals surface area (Å²) in [7, 11) is 0. The molecule has 10 nitrogen and oxygen atoms in total. The normalized spacial score (nSPS) is 28.0. The van der Waals surface area contributed by atoms with Crippen LogP contribution < -0.4 is 0 Å². The van der Waals surface area contributed by atoms with E-state index in [-0.39, 0.29) is 19.3 Å².